The van der Waals surface area contributed by atoms with E-state index in [2.05, 4.69) is 36.6 Å². The lowest BCUT2D eigenvalue weighted by Crippen LogP contribution is -2.20. The summed E-state index contributed by atoms with van der Waals surface area (Å²) in [4.78, 5) is 0. The quantitative estimate of drug-likeness (QED) is 0.798. The zero-order chi connectivity index (χ0) is 14.1. The maximum Gasteiger partial charge on any atom is 0.0991 e. The fourth-order valence-corrected chi connectivity index (χ4v) is 3.13. The first-order valence-electron chi connectivity index (χ1n) is 7.39. The fraction of sp³-hybridized carbons (Fsp3) is 0.389. The molecule has 1 atom stereocenters. The highest BCUT2D eigenvalue weighted by Gasteiger charge is 2.27. The van der Waals surface area contributed by atoms with Crippen LogP contribution in [-0.2, 0) is 0 Å². The van der Waals surface area contributed by atoms with Crippen molar-refractivity contribution >= 4 is 0 Å². The third-order valence-electron chi connectivity index (χ3n) is 4.68. The van der Waals surface area contributed by atoms with E-state index in [0.717, 1.165) is 11.6 Å². The van der Waals surface area contributed by atoms with Gasteiger partial charge in [-0.2, -0.15) is 5.26 Å². The Balaban J connectivity index is 1.99. The molecule has 2 heteroatoms. The molecular weight excluding hydrogens is 244 g/mol. The first-order chi connectivity index (χ1) is 9.70. The smallest absolute Gasteiger partial charge is 0.0991 e. The average molecular weight is 264 g/mol. The van der Waals surface area contributed by atoms with E-state index in [1.807, 2.05) is 24.3 Å². The number of nitriles is 1. The van der Waals surface area contributed by atoms with Crippen molar-refractivity contribution in [2.75, 3.05) is 0 Å². The fourth-order valence-electron chi connectivity index (χ4n) is 3.13. The average Bonchev–Trinajstić information content (AvgIpc) is 2.79. The first kappa shape index (κ1) is 13.0. The molecule has 1 aliphatic carbocycles. The van der Waals surface area contributed by atoms with E-state index in [9.17, 15) is 0 Å². The van der Waals surface area contributed by atoms with Gasteiger partial charge >= 0.3 is 0 Å². The van der Waals surface area contributed by atoms with Crippen molar-refractivity contribution < 1.29 is 0 Å². The zero-order valence-electron chi connectivity index (χ0n) is 12.1. The molecule has 1 aliphatic rings. The van der Waals surface area contributed by atoms with Crippen molar-refractivity contribution in [3.63, 3.8) is 0 Å². The standard InChI is InChI=1S/C18H20N2/c1-13-6-11-18(14(2)16-4-3-5-16)20(13)17-9-7-15(12-19)8-10-17/h6-11,14,16H,3-5H2,1-2H3/t14-/m1/s1. The molecule has 0 spiro atoms. The van der Waals surface area contributed by atoms with Crippen LogP contribution in [0.15, 0.2) is 36.4 Å². The van der Waals surface area contributed by atoms with Gasteiger partial charge in [-0.3, -0.25) is 0 Å². The number of nitrogens with zero attached hydrogens (tertiary/aromatic N) is 2. The number of aromatic nitrogens is 1. The van der Waals surface area contributed by atoms with Gasteiger partial charge in [0.1, 0.15) is 0 Å². The summed E-state index contributed by atoms with van der Waals surface area (Å²) in [5.41, 5.74) is 4.53. The number of aryl methyl sites for hydroxylation is 1. The lowest BCUT2D eigenvalue weighted by atomic mass is 9.75. The minimum Gasteiger partial charge on any atom is -0.318 e. The van der Waals surface area contributed by atoms with E-state index in [1.54, 1.807) is 0 Å². The van der Waals surface area contributed by atoms with E-state index in [-0.39, 0.29) is 0 Å². The lowest BCUT2D eigenvalue weighted by Gasteiger charge is -2.32. The van der Waals surface area contributed by atoms with Crippen molar-refractivity contribution in [3.8, 4) is 11.8 Å². The second-order valence-electron chi connectivity index (χ2n) is 5.87. The Kier molecular flexibility index (Phi) is 3.36. The highest BCUT2D eigenvalue weighted by Crippen LogP contribution is 2.40. The van der Waals surface area contributed by atoms with Crippen LogP contribution in [0.25, 0.3) is 5.69 Å². The van der Waals surface area contributed by atoms with Crippen LogP contribution in [-0.4, -0.2) is 4.57 Å². The number of hydrogen-bond acceptors (Lipinski definition) is 1. The van der Waals surface area contributed by atoms with Crippen LogP contribution < -0.4 is 0 Å². The Bertz CT molecular complexity index is 639. The van der Waals surface area contributed by atoms with Crippen LogP contribution in [0, 0.1) is 24.2 Å². The highest BCUT2D eigenvalue weighted by atomic mass is 15.0. The molecular formula is C18H20N2. The van der Waals surface area contributed by atoms with Gasteiger partial charge in [0.05, 0.1) is 11.6 Å². The van der Waals surface area contributed by atoms with Crippen LogP contribution in [0.3, 0.4) is 0 Å². The summed E-state index contributed by atoms with van der Waals surface area (Å²) < 4.78 is 2.34. The highest BCUT2D eigenvalue weighted by molar-refractivity contribution is 5.43. The maximum absolute atomic E-state index is 8.91. The molecule has 0 amide bonds. The Morgan fingerprint density at radius 2 is 1.85 bits per heavy atom. The maximum atomic E-state index is 8.91. The normalized spacial score (nSPS) is 16.4. The number of hydrogen-bond donors (Lipinski definition) is 0. The van der Waals surface area contributed by atoms with E-state index >= 15 is 0 Å². The van der Waals surface area contributed by atoms with Crippen molar-refractivity contribution in [2.24, 2.45) is 5.92 Å². The summed E-state index contributed by atoms with van der Waals surface area (Å²) in [6, 6.07) is 14.5. The first-order valence-corrected chi connectivity index (χ1v) is 7.39. The molecule has 2 nitrogen and oxygen atoms in total. The van der Waals surface area contributed by atoms with Crippen LogP contribution >= 0.6 is 0 Å². The van der Waals surface area contributed by atoms with Gasteiger partial charge in [0.2, 0.25) is 0 Å². The molecule has 1 saturated carbocycles. The monoisotopic (exact) mass is 264 g/mol. The summed E-state index contributed by atoms with van der Waals surface area (Å²) in [6.45, 7) is 4.49. The SMILES string of the molecule is Cc1ccc([C@H](C)C2CCC2)n1-c1ccc(C#N)cc1. The Hall–Kier alpha value is -2.01. The molecule has 1 aromatic carbocycles. The second-order valence-corrected chi connectivity index (χ2v) is 5.87. The largest absolute Gasteiger partial charge is 0.318 e. The molecule has 0 bridgehead atoms. The summed E-state index contributed by atoms with van der Waals surface area (Å²) in [5, 5.41) is 8.91. The Morgan fingerprint density at radius 1 is 1.15 bits per heavy atom. The van der Waals surface area contributed by atoms with Crippen LogP contribution in [0.4, 0.5) is 0 Å². The number of benzene rings is 1. The van der Waals surface area contributed by atoms with Crippen molar-refractivity contribution in [2.45, 2.75) is 39.0 Å². The zero-order valence-corrected chi connectivity index (χ0v) is 12.1. The van der Waals surface area contributed by atoms with E-state index in [1.165, 1.54) is 30.7 Å². The molecule has 2 aromatic rings. The predicted molar refractivity (Wildman–Crippen MR) is 81.0 cm³/mol. The van der Waals surface area contributed by atoms with E-state index < -0.39 is 0 Å². The van der Waals surface area contributed by atoms with Crippen LogP contribution in [0.1, 0.15) is 49.1 Å². The molecule has 1 aromatic heterocycles. The van der Waals surface area contributed by atoms with Crippen molar-refractivity contribution in [1.82, 2.24) is 4.57 Å². The van der Waals surface area contributed by atoms with Gasteiger partial charge in [0, 0.05) is 17.1 Å². The van der Waals surface area contributed by atoms with Crippen molar-refractivity contribution in [3.05, 3.63) is 53.3 Å². The summed E-state index contributed by atoms with van der Waals surface area (Å²) >= 11 is 0. The predicted octanol–water partition coefficient (Wildman–Crippen LogP) is 4.56. The van der Waals surface area contributed by atoms with Crippen LogP contribution in [0.2, 0.25) is 0 Å². The van der Waals surface area contributed by atoms with Crippen LogP contribution in [0.5, 0.6) is 0 Å². The minimum absolute atomic E-state index is 0.605. The Labute approximate surface area is 120 Å². The number of rotatable bonds is 3. The summed E-state index contributed by atoms with van der Waals surface area (Å²) in [6.07, 6.45) is 4.10. The molecule has 0 saturated heterocycles. The molecule has 1 fully saturated rings. The minimum atomic E-state index is 0.605. The van der Waals surface area contributed by atoms with Crippen molar-refractivity contribution in [1.29, 1.82) is 5.26 Å². The summed E-state index contributed by atoms with van der Waals surface area (Å²) in [7, 11) is 0. The second kappa shape index (κ2) is 5.17. The molecule has 0 radical (unpaired) electrons. The molecule has 1 heterocycles. The molecule has 0 unspecified atom stereocenters. The molecule has 0 N–H and O–H groups in total. The van der Waals surface area contributed by atoms with Gasteiger partial charge in [0.25, 0.3) is 0 Å². The molecule has 102 valence electrons. The molecule has 3 rings (SSSR count). The topological polar surface area (TPSA) is 28.7 Å². The lowest BCUT2D eigenvalue weighted by molar-refractivity contribution is 0.267. The summed E-state index contributed by atoms with van der Waals surface area (Å²) in [5.74, 6) is 1.44. The van der Waals surface area contributed by atoms with Gasteiger partial charge < -0.3 is 4.57 Å². The van der Waals surface area contributed by atoms with Gasteiger partial charge in [0.15, 0.2) is 0 Å². The Morgan fingerprint density at radius 3 is 2.40 bits per heavy atom. The van der Waals surface area contributed by atoms with E-state index in [4.69, 9.17) is 5.26 Å². The van der Waals surface area contributed by atoms with Gasteiger partial charge in [-0.05, 0) is 68.0 Å². The van der Waals surface area contributed by atoms with Gasteiger partial charge in [-0.1, -0.05) is 13.3 Å². The third kappa shape index (κ3) is 2.14. The van der Waals surface area contributed by atoms with Gasteiger partial charge in [-0.25, -0.2) is 0 Å². The van der Waals surface area contributed by atoms with E-state index in [0.29, 0.717) is 11.5 Å². The molecule has 20 heavy (non-hydrogen) atoms. The third-order valence-corrected chi connectivity index (χ3v) is 4.68. The van der Waals surface area contributed by atoms with Gasteiger partial charge in [-0.15, -0.1) is 0 Å². The molecule has 0 aliphatic heterocycles.